The minimum Gasteiger partial charge on any atom is -0.389 e. The van der Waals surface area contributed by atoms with E-state index in [2.05, 4.69) is 10.3 Å². The van der Waals surface area contributed by atoms with Crippen molar-refractivity contribution in [2.45, 2.75) is 37.8 Å². The molecule has 0 radical (unpaired) electrons. The molecule has 0 saturated heterocycles. The second-order valence-electron chi connectivity index (χ2n) is 4.52. The number of aromatic nitrogens is 1. The molecular formula is C12H17ClN2O. The highest BCUT2D eigenvalue weighted by atomic mass is 35.5. The second kappa shape index (κ2) is 5.13. The van der Waals surface area contributed by atoms with Gasteiger partial charge in [0.25, 0.3) is 0 Å². The third-order valence-electron chi connectivity index (χ3n) is 3.11. The van der Waals surface area contributed by atoms with Gasteiger partial charge >= 0.3 is 0 Å². The zero-order valence-electron chi connectivity index (χ0n) is 9.25. The Morgan fingerprint density at radius 3 is 2.75 bits per heavy atom. The Kier molecular flexibility index (Phi) is 3.79. The summed E-state index contributed by atoms with van der Waals surface area (Å²) < 4.78 is 0. The van der Waals surface area contributed by atoms with Crippen molar-refractivity contribution in [3.63, 3.8) is 0 Å². The largest absolute Gasteiger partial charge is 0.389 e. The van der Waals surface area contributed by atoms with Gasteiger partial charge in [-0.3, -0.25) is 0 Å². The Balaban J connectivity index is 1.77. The first-order valence-corrected chi connectivity index (χ1v) is 6.09. The Bertz CT molecular complexity index is 333. The lowest BCUT2D eigenvalue weighted by Gasteiger charge is -2.22. The van der Waals surface area contributed by atoms with E-state index in [1.165, 1.54) is 0 Å². The van der Waals surface area contributed by atoms with Crippen LogP contribution in [-0.2, 0) is 6.54 Å². The molecule has 0 aromatic carbocycles. The maximum Gasteiger partial charge on any atom is 0.129 e. The van der Waals surface area contributed by atoms with Crippen LogP contribution in [0.1, 0.15) is 31.2 Å². The van der Waals surface area contributed by atoms with Crippen LogP contribution < -0.4 is 5.32 Å². The Morgan fingerprint density at radius 2 is 2.12 bits per heavy atom. The van der Waals surface area contributed by atoms with Gasteiger partial charge in [0, 0.05) is 19.3 Å². The quantitative estimate of drug-likeness (QED) is 0.793. The van der Waals surface area contributed by atoms with Crippen LogP contribution in [-0.4, -0.2) is 22.2 Å². The summed E-state index contributed by atoms with van der Waals surface area (Å²) in [4.78, 5) is 4.01. The lowest BCUT2D eigenvalue weighted by molar-refractivity contribution is 0.0475. The van der Waals surface area contributed by atoms with Gasteiger partial charge in [-0.1, -0.05) is 30.5 Å². The molecule has 2 rings (SSSR count). The van der Waals surface area contributed by atoms with Crippen LogP contribution in [0.2, 0.25) is 5.15 Å². The monoisotopic (exact) mass is 240 g/mol. The molecule has 1 heterocycles. The number of nitrogens with zero attached hydrogens (tertiary/aromatic N) is 1. The van der Waals surface area contributed by atoms with Crippen molar-refractivity contribution in [2.75, 3.05) is 6.54 Å². The number of nitrogens with one attached hydrogen (secondary N) is 1. The van der Waals surface area contributed by atoms with Gasteiger partial charge in [-0.2, -0.15) is 0 Å². The first-order valence-electron chi connectivity index (χ1n) is 5.72. The van der Waals surface area contributed by atoms with Crippen LogP contribution in [0.15, 0.2) is 18.3 Å². The summed E-state index contributed by atoms with van der Waals surface area (Å²) in [6.45, 7) is 1.39. The van der Waals surface area contributed by atoms with Crippen molar-refractivity contribution in [3.05, 3.63) is 29.0 Å². The lowest BCUT2D eigenvalue weighted by atomic mass is 10.0. The molecule has 0 aliphatic heterocycles. The molecule has 4 heteroatoms. The fourth-order valence-electron chi connectivity index (χ4n) is 2.16. The number of aliphatic hydroxyl groups is 1. The first kappa shape index (κ1) is 11.8. The molecule has 2 N–H and O–H groups in total. The second-order valence-corrected chi connectivity index (χ2v) is 4.91. The molecule has 1 aliphatic rings. The van der Waals surface area contributed by atoms with Gasteiger partial charge in [-0.05, 0) is 24.5 Å². The van der Waals surface area contributed by atoms with Crippen LogP contribution in [0.25, 0.3) is 0 Å². The average Bonchev–Trinajstić information content (AvgIpc) is 2.69. The third kappa shape index (κ3) is 3.17. The van der Waals surface area contributed by atoms with E-state index >= 15 is 0 Å². The minimum absolute atomic E-state index is 0.486. The summed E-state index contributed by atoms with van der Waals surface area (Å²) in [6.07, 6.45) is 5.87. The van der Waals surface area contributed by atoms with Crippen LogP contribution in [0.5, 0.6) is 0 Å². The molecule has 0 unspecified atom stereocenters. The van der Waals surface area contributed by atoms with Gasteiger partial charge in [0.05, 0.1) is 5.60 Å². The fraction of sp³-hybridized carbons (Fsp3) is 0.583. The predicted octanol–water partition coefficient (Wildman–Crippen LogP) is 2.13. The summed E-state index contributed by atoms with van der Waals surface area (Å²) >= 11 is 5.70. The maximum atomic E-state index is 10.1. The maximum absolute atomic E-state index is 10.1. The topological polar surface area (TPSA) is 45.1 Å². The summed E-state index contributed by atoms with van der Waals surface area (Å²) in [7, 11) is 0. The molecule has 88 valence electrons. The van der Waals surface area contributed by atoms with Crippen LogP contribution in [0.4, 0.5) is 0 Å². The molecule has 1 aromatic rings. The van der Waals surface area contributed by atoms with E-state index in [0.29, 0.717) is 11.7 Å². The number of pyridine rings is 1. The number of rotatable bonds is 4. The van der Waals surface area contributed by atoms with Gasteiger partial charge in [-0.25, -0.2) is 4.98 Å². The Labute approximate surface area is 101 Å². The SMILES string of the molecule is OC1(CNCc2ccc(Cl)nc2)CCCC1. The minimum atomic E-state index is -0.486. The van der Waals surface area contributed by atoms with E-state index < -0.39 is 5.60 Å². The van der Waals surface area contributed by atoms with Crippen LogP contribution in [0.3, 0.4) is 0 Å². The molecule has 16 heavy (non-hydrogen) atoms. The van der Waals surface area contributed by atoms with Gasteiger partial charge in [0.15, 0.2) is 0 Å². The first-order chi connectivity index (χ1) is 7.68. The van der Waals surface area contributed by atoms with E-state index in [1.807, 2.05) is 6.07 Å². The fourth-order valence-corrected chi connectivity index (χ4v) is 2.27. The molecule has 1 fully saturated rings. The number of halogens is 1. The summed E-state index contributed by atoms with van der Waals surface area (Å²) in [5.74, 6) is 0. The Hall–Kier alpha value is -0.640. The third-order valence-corrected chi connectivity index (χ3v) is 3.33. The van der Waals surface area contributed by atoms with Crippen molar-refractivity contribution in [1.82, 2.24) is 10.3 Å². The average molecular weight is 241 g/mol. The van der Waals surface area contributed by atoms with Crippen molar-refractivity contribution in [1.29, 1.82) is 0 Å². The highest BCUT2D eigenvalue weighted by Crippen LogP contribution is 2.28. The van der Waals surface area contributed by atoms with Crippen molar-refractivity contribution in [3.8, 4) is 0 Å². The van der Waals surface area contributed by atoms with E-state index in [-0.39, 0.29) is 0 Å². The highest BCUT2D eigenvalue weighted by Gasteiger charge is 2.30. The predicted molar refractivity (Wildman–Crippen MR) is 64.4 cm³/mol. The highest BCUT2D eigenvalue weighted by molar-refractivity contribution is 6.29. The zero-order valence-corrected chi connectivity index (χ0v) is 10.0. The lowest BCUT2D eigenvalue weighted by Crippen LogP contribution is -2.37. The molecule has 1 aromatic heterocycles. The van der Waals surface area contributed by atoms with Gasteiger partial charge in [0.2, 0.25) is 0 Å². The molecule has 1 saturated carbocycles. The standard InChI is InChI=1S/C12H17ClN2O/c13-11-4-3-10(8-15-11)7-14-9-12(16)5-1-2-6-12/h3-4,8,14,16H,1-2,5-7,9H2. The van der Waals surface area contributed by atoms with Crippen molar-refractivity contribution < 1.29 is 5.11 Å². The smallest absolute Gasteiger partial charge is 0.129 e. The molecule has 1 aliphatic carbocycles. The van der Waals surface area contributed by atoms with E-state index in [0.717, 1.165) is 37.8 Å². The summed E-state index contributed by atoms with van der Waals surface area (Å²) in [5.41, 5.74) is 0.603. The van der Waals surface area contributed by atoms with Crippen LogP contribution >= 0.6 is 11.6 Å². The summed E-state index contributed by atoms with van der Waals surface area (Å²) in [5, 5.41) is 13.9. The molecule has 0 bridgehead atoms. The van der Waals surface area contributed by atoms with E-state index in [9.17, 15) is 5.11 Å². The van der Waals surface area contributed by atoms with Gasteiger partial charge < -0.3 is 10.4 Å². The summed E-state index contributed by atoms with van der Waals surface area (Å²) in [6, 6.07) is 3.73. The zero-order chi connectivity index (χ0) is 11.4. The van der Waals surface area contributed by atoms with E-state index in [4.69, 9.17) is 11.6 Å². The molecular weight excluding hydrogens is 224 g/mol. The molecule has 0 amide bonds. The normalized spacial score (nSPS) is 18.9. The molecule has 0 atom stereocenters. The molecule has 0 spiro atoms. The van der Waals surface area contributed by atoms with Gasteiger partial charge in [0.1, 0.15) is 5.15 Å². The Morgan fingerprint density at radius 1 is 1.38 bits per heavy atom. The van der Waals surface area contributed by atoms with Crippen LogP contribution in [0, 0.1) is 0 Å². The van der Waals surface area contributed by atoms with Gasteiger partial charge in [-0.15, -0.1) is 0 Å². The number of hydrogen-bond donors (Lipinski definition) is 2. The van der Waals surface area contributed by atoms with Crippen molar-refractivity contribution in [2.24, 2.45) is 0 Å². The number of hydrogen-bond acceptors (Lipinski definition) is 3. The molecule has 3 nitrogen and oxygen atoms in total. The van der Waals surface area contributed by atoms with E-state index in [1.54, 1.807) is 12.3 Å². The van der Waals surface area contributed by atoms with Crippen molar-refractivity contribution >= 4 is 11.6 Å².